The van der Waals surface area contributed by atoms with Gasteiger partial charge in [-0.3, -0.25) is 0 Å². The Morgan fingerprint density at radius 2 is 1.62 bits per heavy atom. The van der Waals surface area contributed by atoms with Gasteiger partial charge in [-0.05, 0) is 12.5 Å². The molecule has 2 nitrogen and oxygen atoms in total. The number of alkyl halides is 3. The molecule has 0 atom stereocenters. The van der Waals surface area contributed by atoms with Gasteiger partial charge in [-0.15, -0.1) is 0 Å². The number of nitrogens with zero attached hydrogens (tertiary/aromatic N) is 2. The molecule has 0 aromatic carbocycles. The van der Waals surface area contributed by atoms with Crippen LogP contribution in [-0.4, -0.2) is 22.5 Å². The highest BCUT2D eigenvalue weighted by atomic mass is 32.2. The second kappa shape index (κ2) is 3.53. The van der Waals surface area contributed by atoms with E-state index in [0.29, 0.717) is 5.16 Å². The number of hydrogen-bond acceptors (Lipinski definition) is 2. The van der Waals surface area contributed by atoms with Gasteiger partial charge >= 0.3 is 6.18 Å². The van der Waals surface area contributed by atoms with Crippen LogP contribution in [0, 0.1) is 0 Å². The summed E-state index contributed by atoms with van der Waals surface area (Å²) in [7, 11) is -0.533. The zero-order chi connectivity index (χ0) is 10.1. The van der Waals surface area contributed by atoms with Gasteiger partial charge < -0.3 is 0 Å². The summed E-state index contributed by atoms with van der Waals surface area (Å²) in [4.78, 5) is 7.28. The fourth-order valence-corrected chi connectivity index (χ4v) is 1.28. The van der Waals surface area contributed by atoms with Crippen LogP contribution in [0.2, 0.25) is 0 Å². The molecule has 6 heteroatoms. The van der Waals surface area contributed by atoms with Gasteiger partial charge in [0.2, 0.25) is 0 Å². The second-order valence-corrected chi connectivity index (χ2v) is 4.85. The average molecular weight is 210 g/mol. The number of aromatic nitrogens is 2. The molecular formula is C7H9F3N2S. The van der Waals surface area contributed by atoms with Crippen LogP contribution in [0.25, 0.3) is 0 Å². The molecule has 0 fully saturated rings. The Hall–Kier alpha value is -0.780. The molecule has 0 bridgehead atoms. The largest absolute Gasteiger partial charge is 0.419 e. The predicted octanol–water partition coefficient (Wildman–Crippen LogP) is 2.12. The minimum absolute atomic E-state index is 0.489. The number of thiol groups is 1. The molecule has 0 radical (unpaired) electrons. The van der Waals surface area contributed by atoms with Crippen molar-refractivity contribution in [3.63, 3.8) is 0 Å². The molecule has 1 rings (SSSR count). The molecule has 0 spiro atoms. The van der Waals surface area contributed by atoms with Gasteiger partial charge in [0, 0.05) is 12.4 Å². The summed E-state index contributed by atoms with van der Waals surface area (Å²) < 4.78 is 36.1. The summed E-state index contributed by atoms with van der Waals surface area (Å²) in [5.41, 5.74) is -0.798. The zero-order valence-corrected chi connectivity index (χ0v) is 8.02. The monoisotopic (exact) mass is 210 g/mol. The maximum Gasteiger partial charge on any atom is 0.419 e. The molecule has 1 aromatic heterocycles. The maximum absolute atomic E-state index is 12.0. The average Bonchev–Trinajstić information content (AvgIpc) is 2.03. The molecule has 1 aromatic rings. The van der Waals surface area contributed by atoms with E-state index in [1.807, 2.05) is 12.5 Å². The minimum atomic E-state index is -4.34. The van der Waals surface area contributed by atoms with E-state index in [-0.39, 0.29) is 0 Å². The van der Waals surface area contributed by atoms with Crippen molar-refractivity contribution in [2.45, 2.75) is 11.3 Å². The van der Waals surface area contributed by atoms with Crippen molar-refractivity contribution in [3.05, 3.63) is 18.0 Å². The summed E-state index contributed by atoms with van der Waals surface area (Å²) >= 11 is 0. The van der Waals surface area contributed by atoms with E-state index in [1.165, 1.54) is 0 Å². The predicted molar refractivity (Wildman–Crippen MR) is 46.1 cm³/mol. The van der Waals surface area contributed by atoms with Crippen LogP contribution in [0.5, 0.6) is 0 Å². The van der Waals surface area contributed by atoms with Crippen molar-refractivity contribution in [2.24, 2.45) is 0 Å². The number of halogens is 3. The highest BCUT2D eigenvalue weighted by Crippen LogP contribution is 2.30. The Morgan fingerprint density at radius 1 is 1.15 bits per heavy atom. The first-order chi connectivity index (χ1) is 5.91. The van der Waals surface area contributed by atoms with Gasteiger partial charge in [-0.25, -0.2) is 9.97 Å². The minimum Gasteiger partial charge on any atom is -0.232 e. The van der Waals surface area contributed by atoms with Crippen LogP contribution in [0.3, 0.4) is 0 Å². The van der Waals surface area contributed by atoms with Gasteiger partial charge in [-0.2, -0.15) is 24.1 Å². The summed E-state index contributed by atoms with van der Waals surface area (Å²) in [6.45, 7) is 0. The van der Waals surface area contributed by atoms with E-state index < -0.39 is 22.6 Å². The third-order valence-electron chi connectivity index (χ3n) is 1.37. The fraction of sp³-hybridized carbons (Fsp3) is 0.429. The maximum atomic E-state index is 12.0. The SMILES string of the molecule is C[SH](C)c1ncc(C(F)(F)F)cn1. The Labute approximate surface area is 76.6 Å². The molecule has 0 saturated heterocycles. The molecular weight excluding hydrogens is 201 g/mol. The summed E-state index contributed by atoms with van der Waals surface area (Å²) in [6, 6.07) is 0. The van der Waals surface area contributed by atoms with Gasteiger partial charge in [0.05, 0.1) is 5.56 Å². The van der Waals surface area contributed by atoms with Crippen molar-refractivity contribution in [3.8, 4) is 0 Å². The number of rotatable bonds is 1. The van der Waals surface area contributed by atoms with Crippen LogP contribution in [-0.2, 0) is 6.18 Å². The van der Waals surface area contributed by atoms with Crippen molar-refractivity contribution < 1.29 is 13.2 Å². The zero-order valence-electron chi connectivity index (χ0n) is 7.13. The summed E-state index contributed by atoms with van der Waals surface area (Å²) in [5.74, 6) is 0. The molecule has 0 amide bonds. The Bertz CT molecular complexity index is 281. The quantitative estimate of drug-likeness (QED) is 0.567. The lowest BCUT2D eigenvalue weighted by Crippen LogP contribution is -2.06. The number of hydrogen-bond donors (Lipinski definition) is 1. The van der Waals surface area contributed by atoms with Crippen LogP contribution in [0.1, 0.15) is 5.56 Å². The van der Waals surface area contributed by atoms with Crippen molar-refractivity contribution in [1.29, 1.82) is 0 Å². The van der Waals surface area contributed by atoms with Gasteiger partial charge in [0.1, 0.15) is 0 Å². The van der Waals surface area contributed by atoms with Crippen LogP contribution in [0.4, 0.5) is 13.2 Å². The van der Waals surface area contributed by atoms with Gasteiger partial charge in [-0.1, -0.05) is 0 Å². The Kier molecular flexibility index (Phi) is 2.80. The van der Waals surface area contributed by atoms with E-state index in [0.717, 1.165) is 12.4 Å². The lowest BCUT2D eigenvalue weighted by Gasteiger charge is -2.09. The Balaban J connectivity index is 2.94. The molecule has 0 N–H and O–H groups in total. The molecule has 0 saturated carbocycles. The molecule has 13 heavy (non-hydrogen) atoms. The molecule has 1 heterocycles. The highest BCUT2D eigenvalue weighted by Gasteiger charge is 2.31. The summed E-state index contributed by atoms with van der Waals surface area (Å²) in [5, 5.41) is 0.489. The first kappa shape index (κ1) is 10.3. The Morgan fingerprint density at radius 3 is 1.92 bits per heavy atom. The van der Waals surface area contributed by atoms with Crippen molar-refractivity contribution >= 4 is 10.9 Å². The first-order valence-corrected chi connectivity index (χ1v) is 5.71. The van der Waals surface area contributed by atoms with Crippen LogP contribution < -0.4 is 0 Å². The van der Waals surface area contributed by atoms with Gasteiger partial charge in [0.15, 0.2) is 5.16 Å². The van der Waals surface area contributed by atoms with Crippen molar-refractivity contribution in [1.82, 2.24) is 9.97 Å². The lowest BCUT2D eigenvalue weighted by molar-refractivity contribution is -0.138. The summed E-state index contributed by atoms with van der Waals surface area (Å²) in [6.07, 6.45) is 1.08. The standard InChI is InChI=1S/C7H9F3N2S/c1-13(2)6-11-3-5(4-12-6)7(8,9)10/h3-4,13H,1-2H3. The van der Waals surface area contributed by atoms with Crippen LogP contribution in [0.15, 0.2) is 17.6 Å². The van der Waals surface area contributed by atoms with E-state index in [2.05, 4.69) is 9.97 Å². The molecule has 74 valence electrons. The normalized spacial score (nSPS) is 12.8. The van der Waals surface area contributed by atoms with Crippen molar-refractivity contribution in [2.75, 3.05) is 12.5 Å². The van der Waals surface area contributed by atoms with E-state index >= 15 is 0 Å². The highest BCUT2D eigenvalue weighted by molar-refractivity contribution is 8.15. The topological polar surface area (TPSA) is 25.8 Å². The third-order valence-corrected chi connectivity index (χ3v) is 2.40. The molecule has 0 aliphatic carbocycles. The first-order valence-electron chi connectivity index (χ1n) is 3.48. The second-order valence-electron chi connectivity index (χ2n) is 2.66. The van der Waals surface area contributed by atoms with Gasteiger partial charge in [0.25, 0.3) is 0 Å². The van der Waals surface area contributed by atoms with E-state index in [9.17, 15) is 13.2 Å². The molecule has 0 unspecified atom stereocenters. The smallest absolute Gasteiger partial charge is 0.232 e. The van der Waals surface area contributed by atoms with E-state index in [4.69, 9.17) is 0 Å². The molecule has 0 aliphatic rings. The molecule has 0 aliphatic heterocycles. The van der Waals surface area contributed by atoms with E-state index in [1.54, 1.807) is 0 Å². The fourth-order valence-electron chi connectivity index (χ4n) is 0.699. The lowest BCUT2D eigenvalue weighted by atomic mass is 10.3. The van der Waals surface area contributed by atoms with Crippen LogP contribution >= 0.6 is 10.9 Å². The third kappa shape index (κ3) is 2.58.